The molecule has 2 heterocycles. The van der Waals surface area contributed by atoms with Crippen molar-refractivity contribution in [3.8, 4) is 10.7 Å². The molecule has 0 aliphatic rings. The van der Waals surface area contributed by atoms with E-state index in [0.717, 1.165) is 22.9 Å². The van der Waals surface area contributed by atoms with Crippen molar-refractivity contribution < 1.29 is 4.79 Å². The Hall–Kier alpha value is -2.45. The van der Waals surface area contributed by atoms with Gasteiger partial charge < -0.3 is 10.2 Å². The number of amides is 1. The fraction of sp³-hybridized carbons (Fsp3) is 0.278. The van der Waals surface area contributed by atoms with Crippen LogP contribution in [0.5, 0.6) is 0 Å². The van der Waals surface area contributed by atoms with E-state index >= 15 is 0 Å². The molecule has 1 amide bonds. The first-order chi connectivity index (χ1) is 12.6. The first-order valence-electron chi connectivity index (χ1n) is 8.37. The van der Waals surface area contributed by atoms with Gasteiger partial charge in [-0.15, -0.1) is 11.3 Å². The summed E-state index contributed by atoms with van der Waals surface area (Å²) in [6, 6.07) is 14.1. The second-order valence-electron chi connectivity index (χ2n) is 5.84. The molecule has 0 unspecified atom stereocenters. The monoisotopic (exact) mass is 387 g/mol. The summed E-state index contributed by atoms with van der Waals surface area (Å²) in [5.41, 5.74) is 1.13. The molecule has 0 saturated carbocycles. The number of para-hydroxylation sites is 1. The van der Waals surface area contributed by atoms with Crippen LogP contribution >= 0.6 is 23.6 Å². The van der Waals surface area contributed by atoms with Gasteiger partial charge in [-0.3, -0.25) is 14.5 Å². The lowest BCUT2D eigenvalue weighted by atomic mass is 10.3. The zero-order chi connectivity index (χ0) is 18.4. The van der Waals surface area contributed by atoms with Gasteiger partial charge in [0.05, 0.1) is 4.88 Å². The van der Waals surface area contributed by atoms with Crippen molar-refractivity contribution in [3.05, 3.63) is 52.6 Å². The molecule has 2 N–H and O–H groups in total. The molecular formula is C18H21N5OS2. The van der Waals surface area contributed by atoms with Crippen molar-refractivity contribution in [1.82, 2.24) is 20.1 Å². The Morgan fingerprint density at radius 2 is 2.12 bits per heavy atom. The second kappa shape index (κ2) is 8.77. The summed E-state index contributed by atoms with van der Waals surface area (Å²) in [7, 11) is 2.01. The van der Waals surface area contributed by atoms with Crippen LogP contribution in [0, 0.1) is 4.77 Å². The summed E-state index contributed by atoms with van der Waals surface area (Å²) in [6.45, 7) is 1.85. The number of nitrogens with zero attached hydrogens (tertiary/aromatic N) is 3. The third-order valence-electron chi connectivity index (χ3n) is 4.03. The first kappa shape index (κ1) is 18.3. The Kier molecular flexibility index (Phi) is 6.19. The van der Waals surface area contributed by atoms with E-state index in [1.54, 1.807) is 11.3 Å². The topological polar surface area (TPSA) is 66.0 Å². The number of H-pyrrole nitrogens is 1. The highest BCUT2D eigenvalue weighted by atomic mass is 32.1. The predicted molar refractivity (Wildman–Crippen MR) is 108 cm³/mol. The minimum atomic E-state index is 0.00620. The third-order valence-corrected chi connectivity index (χ3v) is 5.21. The number of carbonyl (C=O) groups is 1. The highest BCUT2D eigenvalue weighted by Crippen LogP contribution is 2.22. The Bertz CT molecular complexity index is 886. The van der Waals surface area contributed by atoms with Crippen molar-refractivity contribution in [3.63, 3.8) is 0 Å². The normalized spacial score (nSPS) is 10.7. The van der Waals surface area contributed by atoms with Crippen molar-refractivity contribution in [1.29, 1.82) is 0 Å². The fourth-order valence-electron chi connectivity index (χ4n) is 2.60. The van der Waals surface area contributed by atoms with Gasteiger partial charge in [-0.1, -0.05) is 24.3 Å². The molecule has 0 saturated heterocycles. The number of thiophene rings is 1. The molecule has 0 radical (unpaired) electrons. The molecule has 2 aromatic heterocycles. The molecule has 0 atom stereocenters. The van der Waals surface area contributed by atoms with Gasteiger partial charge in [-0.05, 0) is 35.8 Å². The molecule has 0 spiro atoms. The molecule has 3 aromatic rings. The number of aromatic nitrogens is 3. The van der Waals surface area contributed by atoms with Gasteiger partial charge in [0.2, 0.25) is 5.91 Å². The Morgan fingerprint density at radius 1 is 1.31 bits per heavy atom. The smallest absolute Gasteiger partial charge is 0.221 e. The van der Waals surface area contributed by atoms with Crippen LogP contribution in [-0.4, -0.2) is 40.8 Å². The third kappa shape index (κ3) is 4.59. The maximum Gasteiger partial charge on any atom is 0.221 e. The number of likely N-dealkylation sites (N-methyl/N-ethyl adjacent to an activating group) is 1. The van der Waals surface area contributed by atoms with E-state index in [2.05, 4.69) is 32.5 Å². The molecule has 8 heteroatoms. The van der Waals surface area contributed by atoms with Crippen LogP contribution in [0.1, 0.15) is 6.42 Å². The molecule has 0 aliphatic heterocycles. The molecular weight excluding hydrogens is 366 g/mol. The molecule has 136 valence electrons. The number of rotatable bonds is 8. The first-order valence-corrected chi connectivity index (χ1v) is 9.66. The minimum Gasteiger partial charge on any atom is -0.373 e. The van der Waals surface area contributed by atoms with E-state index in [9.17, 15) is 4.79 Å². The van der Waals surface area contributed by atoms with Gasteiger partial charge in [0.1, 0.15) is 0 Å². The van der Waals surface area contributed by atoms with Crippen molar-refractivity contribution >= 4 is 35.1 Å². The number of hydrogen-bond donors (Lipinski definition) is 2. The van der Waals surface area contributed by atoms with E-state index in [-0.39, 0.29) is 5.91 Å². The summed E-state index contributed by atoms with van der Waals surface area (Å²) < 4.78 is 2.40. The van der Waals surface area contributed by atoms with Crippen molar-refractivity contribution in [2.24, 2.45) is 0 Å². The van der Waals surface area contributed by atoms with Crippen LogP contribution in [0.2, 0.25) is 0 Å². The summed E-state index contributed by atoms with van der Waals surface area (Å²) in [4.78, 5) is 15.3. The fourth-order valence-corrected chi connectivity index (χ4v) is 3.54. The van der Waals surface area contributed by atoms with Gasteiger partial charge >= 0.3 is 0 Å². The van der Waals surface area contributed by atoms with Crippen LogP contribution in [-0.2, 0) is 11.3 Å². The highest BCUT2D eigenvalue weighted by molar-refractivity contribution is 7.71. The van der Waals surface area contributed by atoms with E-state index in [4.69, 9.17) is 12.2 Å². The molecule has 3 rings (SSSR count). The lowest BCUT2D eigenvalue weighted by Gasteiger charge is -2.19. The minimum absolute atomic E-state index is 0.00620. The van der Waals surface area contributed by atoms with Crippen LogP contribution in [0.3, 0.4) is 0 Å². The molecule has 0 aliphatic carbocycles. The number of carbonyl (C=O) groups excluding carboxylic acids is 1. The van der Waals surface area contributed by atoms with E-state index in [1.165, 1.54) is 0 Å². The average molecular weight is 388 g/mol. The molecule has 0 bridgehead atoms. The van der Waals surface area contributed by atoms with Crippen LogP contribution < -0.4 is 10.2 Å². The Morgan fingerprint density at radius 3 is 2.85 bits per heavy atom. The zero-order valence-electron chi connectivity index (χ0n) is 14.5. The maximum absolute atomic E-state index is 12.2. The number of aromatic amines is 1. The average Bonchev–Trinajstić information content (AvgIpc) is 3.30. The Balaban J connectivity index is 1.48. The predicted octanol–water partition coefficient (Wildman–Crippen LogP) is 3.31. The number of hydrogen-bond acceptors (Lipinski definition) is 5. The zero-order valence-corrected chi connectivity index (χ0v) is 16.1. The van der Waals surface area contributed by atoms with Gasteiger partial charge in [0, 0.05) is 38.8 Å². The van der Waals surface area contributed by atoms with Crippen LogP contribution in [0.4, 0.5) is 5.69 Å². The summed E-state index contributed by atoms with van der Waals surface area (Å²) >= 11 is 6.88. The van der Waals surface area contributed by atoms with E-state index in [1.807, 2.05) is 47.3 Å². The van der Waals surface area contributed by atoms with E-state index < -0.39 is 0 Å². The van der Waals surface area contributed by atoms with Gasteiger partial charge in [0.25, 0.3) is 0 Å². The number of nitrogens with one attached hydrogen (secondary N) is 2. The molecule has 6 nitrogen and oxygen atoms in total. The Labute approximate surface area is 161 Å². The van der Waals surface area contributed by atoms with Crippen LogP contribution in [0.15, 0.2) is 47.8 Å². The van der Waals surface area contributed by atoms with Crippen LogP contribution in [0.25, 0.3) is 10.7 Å². The molecule has 1 aromatic carbocycles. The van der Waals surface area contributed by atoms with Crippen molar-refractivity contribution in [2.75, 3.05) is 25.0 Å². The summed E-state index contributed by atoms with van der Waals surface area (Å²) in [5.74, 6) is 0.785. The van der Waals surface area contributed by atoms with Gasteiger partial charge in [0.15, 0.2) is 10.6 Å². The van der Waals surface area contributed by atoms with Crippen molar-refractivity contribution in [2.45, 2.75) is 13.0 Å². The largest absolute Gasteiger partial charge is 0.373 e. The maximum atomic E-state index is 12.2. The van der Waals surface area contributed by atoms with E-state index in [0.29, 0.717) is 24.3 Å². The van der Waals surface area contributed by atoms with Gasteiger partial charge in [-0.2, -0.15) is 5.10 Å². The lowest BCUT2D eigenvalue weighted by molar-refractivity contribution is -0.121. The quantitative estimate of drug-likeness (QED) is 0.582. The SMILES string of the molecule is CN(CCNC(=O)CCn1c(-c2cccs2)n[nH]c1=S)c1ccccc1. The molecule has 26 heavy (non-hydrogen) atoms. The second-order valence-corrected chi connectivity index (χ2v) is 7.17. The highest BCUT2D eigenvalue weighted by Gasteiger charge is 2.11. The lowest BCUT2D eigenvalue weighted by Crippen LogP contribution is -2.33. The van der Waals surface area contributed by atoms with Gasteiger partial charge in [-0.25, -0.2) is 0 Å². The number of benzene rings is 1. The molecule has 0 fully saturated rings. The summed E-state index contributed by atoms with van der Waals surface area (Å²) in [6.07, 6.45) is 0.362. The standard InChI is InChI=1S/C18H21N5OS2/c1-22(14-6-3-2-4-7-14)12-10-19-16(24)9-11-23-17(20-21-18(23)25)15-8-5-13-26-15/h2-8,13H,9-12H2,1H3,(H,19,24)(H,21,25). The summed E-state index contributed by atoms with van der Waals surface area (Å²) in [5, 5.41) is 12.0. The number of anilines is 1.